The third-order valence-corrected chi connectivity index (χ3v) is 4.29. The van der Waals surface area contributed by atoms with E-state index in [1.807, 2.05) is 54.6 Å². The summed E-state index contributed by atoms with van der Waals surface area (Å²) in [7, 11) is 0. The van der Waals surface area contributed by atoms with Gasteiger partial charge in [0.2, 0.25) is 5.78 Å². The Hall–Kier alpha value is -3.73. The second-order valence-corrected chi connectivity index (χ2v) is 6.27. The molecule has 0 aliphatic carbocycles. The van der Waals surface area contributed by atoms with Crippen molar-refractivity contribution in [3.63, 3.8) is 0 Å². The minimum Gasteiger partial charge on any atom is -0.489 e. The fourth-order valence-corrected chi connectivity index (χ4v) is 2.79. The van der Waals surface area contributed by atoms with Crippen LogP contribution in [0.25, 0.3) is 11.4 Å². The molecule has 0 unspecified atom stereocenters. The van der Waals surface area contributed by atoms with E-state index in [1.54, 1.807) is 6.20 Å². The first kappa shape index (κ1) is 17.7. The van der Waals surface area contributed by atoms with Crippen molar-refractivity contribution < 1.29 is 13.9 Å². The number of hydrogen-bond acceptors (Lipinski definition) is 3. The van der Waals surface area contributed by atoms with Crippen molar-refractivity contribution in [2.24, 2.45) is 0 Å². The van der Waals surface area contributed by atoms with E-state index in [-0.39, 0.29) is 17.3 Å². The number of rotatable bonds is 6. The number of nitrogens with zero attached hydrogens (tertiary/aromatic N) is 1. The Kier molecular flexibility index (Phi) is 4.97. The van der Waals surface area contributed by atoms with Gasteiger partial charge >= 0.3 is 0 Å². The van der Waals surface area contributed by atoms with E-state index >= 15 is 0 Å². The molecule has 0 saturated carbocycles. The molecular weight excluding hydrogens is 355 g/mol. The maximum absolute atomic E-state index is 13.0. The van der Waals surface area contributed by atoms with Crippen LogP contribution in [0.1, 0.15) is 21.6 Å². The predicted molar refractivity (Wildman–Crippen MR) is 105 cm³/mol. The summed E-state index contributed by atoms with van der Waals surface area (Å²) in [4.78, 5) is 19.8. The summed E-state index contributed by atoms with van der Waals surface area (Å²) in [6.45, 7) is 0.497. The van der Waals surface area contributed by atoms with Gasteiger partial charge in [0.05, 0.1) is 0 Å². The van der Waals surface area contributed by atoms with Crippen LogP contribution in [0.3, 0.4) is 0 Å². The zero-order valence-electron chi connectivity index (χ0n) is 14.9. The van der Waals surface area contributed by atoms with Gasteiger partial charge in [-0.2, -0.15) is 0 Å². The molecule has 0 atom stereocenters. The van der Waals surface area contributed by atoms with Crippen molar-refractivity contribution in [3.05, 3.63) is 108 Å². The summed E-state index contributed by atoms with van der Waals surface area (Å²) in [5.41, 5.74) is 2.61. The van der Waals surface area contributed by atoms with Gasteiger partial charge in [0, 0.05) is 17.3 Å². The summed E-state index contributed by atoms with van der Waals surface area (Å²) in [6.07, 6.45) is 1.56. The van der Waals surface area contributed by atoms with Gasteiger partial charge in [-0.15, -0.1) is 0 Å². The van der Waals surface area contributed by atoms with Crippen LogP contribution >= 0.6 is 0 Å². The first-order valence-corrected chi connectivity index (χ1v) is 8.82. The number of aromatic nitrogens is 2. The van der Waals surface area contributed by atoms with Crippen LogP contribution in [0.5, 0.6) is 5.75 Å². The molecule has 28 heavy (non-hydrogen) atoms. The molecule has 0 radical (unpaired) electrons. The van der Waals surface area contributed by atoms with Crippen LogP contribution in [0.15, 0.2) is 85.1 Å². The van der Waals surface area contributed by atoms with Gasteiger partial charge in [0.25, 0.3) is 0 Å². The van der Waals surface area contributed by atoms with E-state index in [1.165, 1.54) is 24.3 Å². The standard InChI is InChI=1S/C23H17FN2O2/c24-19-10-6-17(7-11-19)22(27)21-14-25-23(26-21)18-8-12-20(13-9-18)28-15-16-4-2-1-3-5-16/h1-14H,15H2,(H,25,26). The molecule has 0 fully saturated rings. The van der Waals surface area contributed by atoms with Gasteiger partial charge in [-0.3, -0.25) is 4.79 Å². The van der Waals surface area contributed by atoms with Crippen LogP contribution < -0.4 is 4.74 Å². The van der Waals surface area contributed by atoms with Crippen LogP contribution in [0.4, 0.5) is 4.39 Å². The van der Waals surface area contributed by atoms with Gasteiger partial charge in [-0.05, 0) is 54.1 Å². The molecule has 0 aliphatic heterocycles. The number of carbonyl (C=O) groups is 1. The smallest absolute Gasteiger partial charge is 0.212 e. The van der Waals surface area contributed by atoms with Gasteiger partial charge in [0.1, 0.15) is 29.7 Å². The van der Waals surface area contributed by atoms with Crippen molar-refractivity contribution in [3.8, 4) is 17.1 Å². The van der Waals surface area contributed by atoms with Crippen molar-refractivity contribution in [2.45, 2.75) is 6.61 Å². The molecule has 3 aromatic carbocycles. The monoisotopic (exact) mass is 372 g/mol. The van der Waals surface area contributed by atoms with Gasteiger partial charge in [0.15, 0.2) is 0 Å². The molecule has 0 saturated heterocycles. The van der Waals surface area contributed by atoms with E-state index in [2.05, 4.69) is 9.97 Å². The van der Waals surface area contributed by atoms with E-state index in [4.69, 9.17) is 4.74 Å². The molecule has 138 valence electrons. The number of H-pyrrole nitrogens is 1. The average Bonchev–Trinajstić information content (AvgIpc) is 3.24. The summed E-state index contributed by atoms with van der Waals surface area (Å²) >= 11 is 0. The third kappa shape index (κ3) is 3.99. The van der Waals surface area contributed by atoms with Crippen molar-refractivity contribution in [1.29, 1.82) is 0 Å². The Morgan fingerprint density at radius 3 is 2.36 bits per heavy atom. The molecular formula is C23H17FN2O2. The number of carbonyl (C=O) groups excluding carboxylic acids is 1. The van der Waals surface area contributed by atoms with E-state index < -0.39 is 0 Å². The van der Waals surface area contributed by atoms with Gasteiger partial charge in [-0.25, -0.2) is 9.37 Å². The summed E-state index contributed by atoms with van der Waals surface area (Å²) in [6, 6.07) is 22.8. The lowest BCUT2D eigenvalue weighted by Crippen LogP contribution is -2.01. The van der Waals surface area contributed by atoms with E-state index in [9.17, 15) is 9.18 Å². The predicted octanol–water partition coefficient (Wildman–Crippen LogP) is 5.03. The number of ketones is 1. The largest absolute Gasteiger partial charge is 0.489 e. The molecule has 1 aromatic heterocycles. The van der Waals surface area contributed by atoms with Crippen molar-refractivity contribution in [2.75, 3.05) is 0 Å². The van der Waals surface area contributed by atoms with Crippen molar-refractivity contribution in [1.82, 2.24) is 9.97 Å². The molecule has 1 N–H and O–H groups in total. The summed E-state index contributed by atoms with van der Waals surface area (Å²) in [5, 5.41) is 0. The Labute approximate surface area is 161 Å². The highest BCUT2D eigenvalue weighted by Crippen LogP contribution is 2.21. The highest BCUT2D eigenvalue weighted by molar-refractivity contribution is 6.07. The quantitative estimate of drug-likeness (QED) is 0.483. The lowest BCUT2D eigenvalue weighted by Gasteiger charge is -2.06. The molecule has 4 rings (SSSR count). The Morgan fingerprint density at radius 1 is 0.929 bits per heavy atom. The van der Waals surface area contributed by atoms with Gasteiger partial charge in [-0.1, -0.05) is 30.3 Å². The number of nitrogens with one attached hydrogen (secondary N) is 1. The number of benzene rings is 3. The molecule has 4 aromatic rings. The van der Waals surface area contributed by atoms with E-state index in [0.717, 1.165) is 16.9 Å². The molecule has 0 aliphatic rings. The highest BCUT2D eigenvalue weighted by atomic mass is 19.1. The van der Waals surface area contributed by atoms with Gasteiger partial charge < -0.3 is 9.72 Å². The Balaban J connectivity index is 1.45. The fraction of sp³-hybridized carbons (Fsp3) is 0.0435. The molecule has 0 spiro atoms. The topological polar surface area (TPSA) is 55.0 Å². The zero-order chi connectivity index (χ0) is 19.3. The van der Waals surface area contributed by atoms with Crippen LogP contribution in [-0.2, 0) is 6.61 Å². The zero-order valence-corrected chi connectivity index (χ0v) is 14.9. The summed E-state index contributed by atoms with van der Waals surface area (Å²) in [5.74, 6) is 0.695. The number of imidazole rings is 1. The summed E-state index contributed by atoms with van der Waals surface area (Å²) < 4.78 is 18.8. The maximum atomic E-state index is 13.0. The lowest BCUT2D eigenvalue weighted by atomic mass is 10.1. The second kappa shape index (κ2) is 7.88. The number of ether oxygens (including phenoxy) is 1. The molecule has 1 heterocycles. The molecule has 5 heteroatoms. The minimum absolute atomic E-state index is 0.259. The lowest BCUT2D eigenvalue weighted by molar-refractivity contribution is 0.103. The highest BCUT2D eigenvalue weighted by Gasteiger charge is 2.14. The second-order valence-electron chi connectivity index (χ2n) is 6.27. The molecule has 0 bridgehead atoms. The SMILES string of the molecule is O=C(c1ccc(F)cc1)c1c[nH]c(-c2ccc(OCc3ccccc3)cc2)n1. The first-order chi connectivity index (χ1) is 13.7. The van der Waals surface area contributed by atoms with Crippen molar-refractivity contribution >= 4 is 5.78 Å². The number of hydrogen-bond donors (Lipinski definition) is 1. The van der Waals surface area contributed by atoms with Crippen LogP contribution in [0, 0.1) is 5.82 Å². The molecule has 0 amide bonds. The normalized spacial score (nSPS) is 10.6. The van der Waals surface area contributed by atoms with Crippen LogP contribution in [0.2, 0.25) is 0 Å². The Morgan fingerprint density at radius 2 is 1.64 bits per heavy atom. The Bertz CT molecular complexity index is 1070. The van der Waals surface area contributed by atoms with E-state index in [0.29, 0.717) is 18.0 Å². The average molecular weight is 372 g/mol. The molecule has 4 nitrogen and oxygen atoms in total. The number of aromatic amines is 1. The fourth-order valence-electron chi connectivity index (χ4n) is 2.79. The minimum atomic E-state index is -0.381. The van der Waals surface area contributed by atoms with Crippen LogP contribution in [-0.4, -0.2) is 15.8 Å². The maximum Gasteiger partial charge on any atom is 0.212 e. The number of halogens is 1. The third-order valence-electron chi connectivity index (χ3n) is 4.29. The first-order valence-electron chi connectivity index (χ1n) is 8.82.